The normalized spacial score (nSPS) is 13.1. The van der Waals surface area contributed by atoms with E-state index in [1.807, 2.05) is 41.5 Å². The van der Waals surface area contributed by atoms with Crippen LogP contribution < -0.4 is 0 Å². The smallest absolute Gasteiger partial charge is 0.0102 e. The molecule has 0 N–H and O–H groups in total. The summed E-state index contributed by atoms with van der Waals surface area (Å²) in [5, 5.41) is 2.72. The minimum absolute atomic E-state index is 1.00. The van der Waals surface area contributed by atoms with Crippen LogP contribution in [-0.2, 0) is 6.42 Å². The fraction of sp³-hybridized carbons (Fsp3) is 0.379. The van der Waals surface area contributed by atoms with Crippen molar-refractivity contribution in [2.75, 3.05) is 0 Å². The summed E-state index contributed by atoms with van der Waals surface area (Å²) >= 11 is 0. The largest absolute Gasteiger partial charge is 0.0995 e. The third-order valence-corrected chi connectivity index (χ3v) is 4.61. The molecule has 29 heavy (non-hydrogen) atoms. The number of rotatable bonds is 2. The highest BCUT2D eigenvalue weighted by molar-refractivity contribution is 5.99. The van der Waals surface area contributed by atoms with E-state index in [0.29, 0.717) is 0 Å². The molecule has 0 aliphatic heterocycles. The van der Waals surface area contributed by atoms with E-state index < -0.39 is 0 Å². The second-order valence-electron chi connectivity index (χ2n) is 6.13. The van der Waals surface area contributed by atoms with E-state index in [2.05, 4.69) is 81.1 Å². The molecule has 0 saturated carbocycles. The van der Waals surface area contributed by atoms with Gasteiger partial charge in [-0.25, -0.2) is 0 Å². The standard InChI is InChI=1S/C23H24.3C2H6/c1-4-8-18(5-2)20-11-7-12-22-21-15-13-17(3)9-6-10-19(21)14-16-23(20)22;3*1-2/h4-8,10-12,14,16H,3,9,13,15H2,1-2H3;3*1-2H3/b8-4-,10-6?,18-5+;;;. The first-order valence-corrected chi connectivity index (χ1v) is 11.4. The molecular formula is C29H42. The Morgan fingerprint density at radius 1 is 0.862 bits per heavy atom. The predicted molar refractivity (Wildman–Crippen MR) is 138 cm³/mol. The van der Waals surface area contributed by atoms with Gasteiger partial charge in [-0.1, -0.05) is 114 Å². The van der Waals surface area contributed by atoms with E-state index in [0.717, 1.165) is 19.3 Å². The monoisotopic (exact) mass is 390 g/mol. The van der Waals surface area contributed by atoms with Crippen molar-refractivity contribution in [3.8, 4) is 0 Å². The highest BCUT2D eigenvalue weighted by Crippen LogP contribution is 2.32. The maximum absolute atomic E-state index is 4.18. The first kappa shape index (κ1) is 26.7. The van der Waals surface area contributed by atoms with Crippen molar-refractivity contribution in [2.24, 2.45) is 0 Å². The fourth-order valence-electron chi connectivity index (χ4n) is 3.40. The Labute approximate surface area is 180 Å². The van der Waals surface area contributed by atoms with Crippen molar-refractivity contribution < 1.29 is 0 Å². The van der Waals surface area contributed by atoms with Crippen LogP contribution in [0.4, 0.5) is 0 Å². The van der Waals surface area contributed by atoms with Crippen molar-refractivity contribution in [3.05, 3.63) is 83.5 Å². The van der Waals surface area contributed by atoms with Gasteiger partial charge >= 0.3 is 0 Å². The molecule has 0 nitrogen and oxygen atoms in total. The second kappa shape index (κ2) is 15.6. The van der Waals surface area contributed by atoms with Gasteiger partial charge in [0.1, 0.15) is 0 Å². The van der Waals surface area contributed by atoms with Crippen LogP contribution in [0, 0.1) is 0 Å². The van der Waals surface area contributed by atoms with Crippen LogP contribution in [0.1, 0.15) is 84.9 Å². The molecule has 0 saturated heterocycles. The first-order chi connectivity index (χ1) is 14.2. The summed E-state index contributed by atoms with van der Waals surface area (Å²) < 4.78 is 0. The van der Waals surface area contributed by atoms with Crippen molar-refractivity contribution >= 4 is 22.4 Å². The van der Waals surface area contributed by atoms with Crippen LogP contribution in [0.3, 0.4) is 0 Å². The van der Waals surface area contributed by atoms with E-state index in [1.54, 1.807) is 0 Å². The van der Waals surface area contributed by atoms with Crippen molar-refractivity contribution in [1.29, 1.82) is 0 Å². The van der Waals surface area contributed by atoms with Gasteiger partial charge in [-0.05, 0) is 66.1 Å². The van der Waals surface area contributed by atoms with Crippen LogP contribution in [0.5, 0.6) is 0 Å². The summed E-state index contributed by atoms with van der Waals surface area (Å²) in [5.41, 5.74) is 6.73. The number of benzene rings is 2. The zero-order chi connectivity index (χ0) is 22.2. The number of allylic oxidation sites excluding steroid dienone is 6. The zero-order valence-electron chi connectivity index (χ0n) is 20.1. The van der Waals surface area contributed by atoms with E-state index in [1.165, 1.54) is 38.6 Å². The number of hydrogen-bond acceptors (Lipinski definition) is 0. The van der Waals surface area contributed by atoms with Crippen molar-refractivity contribution in [1.82, 2.24) is 0 Å². The summed E-state index contributed by atoms with van der Waals surface area (Å²) in [4.78, 5) is 0. The van der Waals surface area contributed by atoms with Gasteiger partial charge in [0.15, 0.2) is 0 Å². The molecule has 0 heteroatoms. The minimum Gasteiger partial charge on any atom is -0.0995 e. The van der Waals surface area contributed by atoms with E-state index in [9.17, 15) is 0 Å². The molecule has 0 radical (unpaired) electrons. The maximum atomic E-state index is 4.18. The van der Waals surface area contributed by atoms with Gasteiger partial charge in [0.25, 0.3) is 0 Å². The molecule has 0 unspecified atom stereocenters. The molecule has 0 heterocycles. The van der Waals surface area contributed by atoms with E-state index in [-0.39, 0.29) is 0 Å². The van der Waals surface area contributed by atoms with Gasteiger partial charge < -0.3 is 0 Å². The average molecular weight is 391 g/mol. The Morgan fingerprint density at radius 2 is 1.55 bits per heavy atom. The lowest BCUT2D eigenvalue weighted by molar-refractivity contribution is 0.915. The summed E-state index contributed by atoms with van der Waals surface area (Å²) in [6, 6.07) is 11.2. The molecule has 0 fully saturated rings. The molecule has 0 amide bonds. The lowest BCUT2D eigenvalue weighted by atomic mass is 9.88. The SMILES string of the molecule is C=C1CC=Cc2ccc3c(C(/C=C\C)=C/C)cccc3c2CC1.CC.CC.CC. The van der Waals surface area contributed by atoms with Crippen LogP contribution >= 0.6 is 0 Å². The molecule has 0 spiro atoms. The van der Waals surface area contributed by atoms with Gasteiger partial charge in [-0.15, -0.1) is 0 Å². The molecule has 2 aromatic rings. The molecular weight excluding hydrogens is 348 g/mol. The molecule has 1 aliphatic rings. The van der Waals surface area contributed by atoms with Gasteiger partial charge in [0, 0.05) is 0 Å². The molecule has 1 aliphatic carbocycles. The summed E-state index contributed by atoms with van der Waals surface area (Å²) in [6.07, 6.45) is 14.1. The Hall–Kier alpha value is -2.34. The van der Waals surface area contributed by atoms with Gasteiger partial charge in [-0.2, -0.15) is 0 Å². The molecule has 0 atom stereocenters. The molecule has 0 aromatic heterocycles. The van der Waals surface area contributed by atoms with Crippen molar-refractivity contribution in [3.63, 3.8) is 0 Å². The highest BCUT2D eigenvalue weighted by Gasteiger charge is 2.11. The lowest BCUT2D eigenvalue weighted by Gasteiger charge is -2.16. The first-order valence-electron chi connectivity index (χ1n) is 11.4. The Bertz CT molecular complexity index is 828. The summed E-state index contributed by atoms with van der Waals surface area (Å²) in [5.74, 6) is 0. The fourth-order valence-corrected chi connectivity index (χ4v) is 3.40. The second-order valence-corrected chi connectivity index (χ2v) is 6.13. The third kappa shape index (κ3) is 7.20. The Balaban J connectivity index is 0.00000120. The zero-order valence-corrected chi connectivity index (χ0v) is 20.1. The predicted octanol–water partition coefficient (Wildman–Crippen LogP) is 9.80. The number of aryl methyl sites for hydroxylation is 1. The summed E-state index contributed by atoms with van der Waals surface area (Å²) in [7, 11) is 0. The Morgan fingerprint density at radius 3 is 2.17 bits per heavy atom. The number of fused-ring (bicyclic) bond motifs is 3. The quantitative estimate of drug-likeness (QED) is 0.353. The topological polar surface area (TPSA) is 0 Å². The summed E-state index contributed by atoms with van der Waals surface area (Å²) in [6.45, 7) is 20.4. The lowest BCUT2D eigenvalue weighted by Crippen LogP contribution is -1.97. The maximum Gasteiger partial charge on any atom is -0.0102 e. The van der Waals surface area contributed by atoms with Gasteiger partial charge in [-0.3, -0.25) is 0 Å². The van der Waals surface area contributed by atoms with Crippen molar-refractivity contribution in [2.45, 2.75) is 74.7 Å². The molecule has 2 aromatic carbocycles. The average Bonchev–Trinajstić information content (AvgIpc) is 2.78. The van der Waals surface area contributed by atoms with Crippen LogP contribution in [0.2, 0.25) is 0 Å². The molecule has 0 bridgehead atoms. The number of hydrogen-bond donors (Lipinski definition) is 0. The van der Waals surface area contributed by atoms with Crippen LogP contribution in [0.25, 0.3) is 22.4 Å². The van der Waals surface area contributed by atoms with E-state index in [4.69, 9.17) is 0 Å². The Kier molecular flexibility index (Phi) is 14.3. The van der Waals surface area contributed by atoms with Crippen LogP contribution in [0.15, 0.2) is 66.8 Å². The van der Waals surface area contributed by atoms with Gasteiger partial charge in [0.2, 0.25) is 0 Å². The molecule has 158 valence electrons. The highest BCUT2D eigenvalue weighted by atomic mass is 14.2. The molecule has 3 rings (SSSR count). The van der Waals surface area contributed by atoms with Crippen LogP contribution in [-0.4, -0.2) is 0 Å². The van der Waals surface area contributed by atoms with E-state index >= 15 is 0 Å². The minimum atomic E-state index is 1.00. The third-order valence-electron chi connectivity index (χ3n) is 4.61. The van der Waals surface area contributed by atoms with Gasteiger partial charge in [0.05, 0.1) is 0 Å².